The lowest BCUT2D eigenvalue weighted by molar-refractivity contribution is 0.427. The van der Waals surface area contributed by atoms with Gasteiger partial charge in [0.15, 0.2) is 0 Å². The first kappa shape index (κ1) is 7.87. The van der Waals surface area contributed by atoms with Crippen molar-refractivity contribution in [1.82, 2.24) is 0 Å². The van der Waals surface area contributed by atoms with Gasteiger partial charge in [-0.15, -0.1) is 0 Å². The number of hydrogen-bond donors (Lipinski definition) is 1. The molecule has 50 valence electrons. The molecule has 0 radical (unpaired) electrons. The van der Waals surface area contributed by atoms with Gasteiger partial charge in [0.25, 0.3) is 0 Å². The monoisotopic (exact) mass is 138 g/mol. The van der Waals surface area contributed by atoms with Gasteiger partial charge in [-0.2, -0.15) is 0 Å². The predicted molar refractivity (Wildman–Crippen MR) is 28.0 cm³/mol. The summed E-state index contributed by atoms with van der Waals surface area (Å²) in [6, 6.07) is 0. The first-order chi connectivity index (χ1) is 3.25. The third-order valence-corrected chi connectivity index (χ3v) is 1.93. The summed E-state index contributed by atoms with van der Waals surface area (Å²) in [5.74, 6) is 0. The minimum atomic E-state index is -4.31. The van der Waals surface area contributed by atoms with E-state index in [2.05, 4.69) is 0 Å². The van der Waals surface area contributed by atoms with Gasteiger partial charge in [-0.05, 0) is 13.8 Å². The molecule has 0 spiro atoms. The largest absolute Gasteiger partial charge is 0.747 e. The molecular weight excluding hydrogens is 130 g/mol. The minimum absolute atomic E-state index is 1.15. The summed E-state index contributed by atoms with van der Waals surface area (Å²) in [5, 5.41) is 0. The summed E-state index contributed by atoms with van der Waals surface area (Å²) in [7, 11) is -4.31. The van der Waals surface area contributed by atoms with Crippen LogP contribution in [0, 0.1) is 0 Å². The lowest BCUT2D eigenvalue weighted by Crippen LogP contribution is -2.40. The van der Waals surface area contributed by atoms with Crippen molar-refractivity contribution in [3.63, 3.8) is 0 Å². The Balaban J connectivity index is 4.53. The molecule has 8 heavy (non-hydrogen) atoms. The molecule has 0 rings (SSSR count). The molecule has 5 heteroatoms. The third kappa shape index (κ3) is 1.77. The zero-order chi connectivity index (χ0) is 7.00. The normalized spacial score (nSPS) is 14.0. The average molecular weight is 138 g/mol. The van der Waals surface area contributed by atoms with Crippen molar-refractivity contribution < 1.29 is 13.0 Å². The van der Waals surface area contributed by atoms with Gasteiger partial charge in [-0.25, -0.2) is 8.42 Å². The van der Waals surface area contributed by atoms with E-state index in [1.54, 1.807) is 0 Å². The van der Waals surface area contributed by atoms with Crippen molar-refractivity contribution >= 4 is 10.1 Å². The summed E-state index contributed by atoms with van der Waals surface area (Å²) in [6.07, 6.45) is 0. The van der Waals surface area contributed by atoms with Crippen LogP contribution < -0.4 is 5.73 Å². The fraction of sp³-hybridized carbons (Fsp3) is 1.00. The SMILES string of the molecule is CC(C)(N)S(=O)(=O)[O-]. The first-order valence-electron chi connectivity index (χ1n) is 1.99. The second kappa shape index (κ2) is 1.68. The van der Waals surface area contributed by atoms with E-state index in [-0.39, 0.29) is 0 Å². The quantitative estimate of drug-likeness (QED) is 0.482. The molecule has 0 heterocycles. The maximum Gasteiger partial charge on any atom is 0.113 e. The zero-order valence-electron chi connectivity index (χ0n) is 4.71. The van der Waals surface area contributed by atoms with Crippen LogP contribution in [0.5, 0.6) is 0 Å². The molecule has 0 saturated heterocycles. The van der Waals surface area contributed by atoms with Crippen molar-refractivity contribution in [2.75, 3.05) is 0 Å². The smallest absolute Gasteiger partial charge is 0.113 e. The molecule has 0 amide bonds. The van der Waals surface area contributed by atoms with Crippen molar-refractivity contribution in [2.24, 2.45) is 5.73 Å². The average Bonchev–Trinajstić information content (AvgIpc) is 1.25. The van der Waals surface area contributed by atoms with Crippen molar-refractivity contribution in [2.45, 2.75) is 18.7 Å². The first-order valence-corrected chi connectivity index (χ1v) is 3.40. The van der Waals surface area contributed by atoms with Crippen molar-refractivity contribution in [3.05, 3.63) is 0 Å². The van der Waals surface area contributed by atoms with Crippen LogP contribution in [0.2, 0.25) is 0 Å². The summed E-state index contributed by atoms with van der Waals surface area (Å²) < 4.78 is 29.9. The minimum Gasteiger partial charge on any atom is -0.747 e. The van der Waals surface area contributed by atoms with E-state index in [1.807, 2.05) is 0 Å². The molecule has 2 N–H and O–H groups in total. The van der Waals surface area contributed by atoms with Crippen molar-refractivity contribution in [3.8, 4) is 0 Å². The summed E-state index contributed by atoms with van der Waals surface area (Å²) in [5.41, 5.74) is 4.91. The zero-order valence-corrected chi connectivity index (χ0v) is 5.53. The summed E-state index contributed by atoms with van der Waals surface area (Å²) in [4.78, 5) is -1.65. The van der Waals surface area contributed by atoms with Crippen LogP contribution in [0.3, 0.4) is 0 Å². The van der Waals surface area contributed by atoms with Gasteiger partial charge < -0.3 is 10.3 Å². The molecule has 0 unspecified atom stereocenters. The van der Waals surface area contributed by atoms with Crippen molar-refractivity contribution in [1.29, 1.82) is 0 Å². The Labute approximate surface area is 48.4 Å². The van der Waals surface area contributed by atoms with Crippen LogP contribution in [0.25, 0.3) is 0 Å². The lowest BCUT2D eigenvalue weighted by atomic mass is 10.4. The van der Waals surface area contributed by atoms with Gasteiger partial charge >= 0.3 is 0 Å². The molecule has 0 aromatic rings. The Hall–Kier alpha value is -0.130. The molecule has 0 aromatic heterocycles. The van der Waals surface area contributed by atoms with Gasteiger partial charge in [-0.1, -0.05) is 0 Å². The van der Waals surface area contributed by atoms with Gasteiger partial charge in [0, 0.05) is 0 Å². The highest BCUT2D eigenvalue weighted by Crippen LogP contribution is 2.03. The van der Waals surface area contributed by atoms with Crippen LogP contribution >= 0.6 is 0 Å². The fourth-order valence-corrected chi connectivity index (χ4v) is 0. The molecular formula is C3H8NO3S-. The van der Waals surface area contributed by atoms with E-state index in [0.29, 0.717) is 0 Å². The van der Waals surface area contributed by atoms with E-state index in [1.165, 1.54) is 0 Å². The second-order valence-corrected chi connectivity index (χ2v) is 4.02. The predicted octanol–water partition coefficient (Wildman–Crippen LogP) is -0.774. The molecule has 0 aliphatic heterocycles. The molecule has 4 nitrogen and oxygen atoms in total. The maximum atomic E-state index is 9.97. The molecule has 0 bridgehead atoms. The van der Waals surface area contributed by atoms with E-state index < -0.39 is 15.0 Å². The number of rotatable bonds is 1. The number of hydrogen-bond acceptors (Lipinski definition) is 4. The van der Waals surface area contributed by atoms with Crippen LogP contribution in [0.15, 0.2) is 0 Å². The van der Waals surface area contributed by atoms with E-state index in [9.17, 15) is 13.0 Å². The van der Waals surface area contributed by atoms with E-state index in [4.69, 9.17) is 5.73 Å². The highest BCUT2D eigenvalue weighted by atomic mass is 32.2. The van der Waals surface area contributed by atoms with E-state index >= 15 is 0 Å². The van der Waals surface area contributed by atoms with Gasteiger partial charge in [0.2, 0.25) is 0 Å². The Morgan fingerprint density at radius 2 is 1.62 bits per heavy atom. The standard InChI is InChI=1S/C3H9NO3S/c1-3(2,4)8(5,6)7/h4H2,1-2H3,(H,5,6,7)/p-1. The topological polar surface area (TPSA) is 83.2 Å². The van der Waals surface area contributed by atoms with Crippen LogP contribution in [-0.4, -0.2) is 17.8 Å². The van der Waals surface area contributed by atoms with Crippen LogP contribution in [0.1, 0.15) is 13.8 Å². The maximum absolute atomic E-state index is 9.97. The summed E-state index contributed by atoms with van der Waals surface area (Å²) >= 11 is 0. The van der Waals surface area contributed by atoms with Crippen LogP contribution in [-0.2, 0) is 10.1 Å². The molecule has 0 atom stereocenters. The number of nitrogens with two attached hydrogens (primary N) is 1. The molecule has 0 saturated carbocycles. The molecule has 0 aliphatic rings. The summed E-state index contributed by atoms with van der Waals surface area (Å²) in [6.45, 7) is 2.30. The van der Waals surface area contributed by atoms with Crippen LogP contribution in [0.4, 0.5) is 0 Å². The Morgan fingerprint density at radius 3 is 1.62 bits per heavy atom. The molecule has 0 aromatic carbocycles. The Kier molecular flexibility index (Phi) is 1.65. The Morgan fingerprint density at radius 1 is 1.50 bits per heavy atom. The molecule has 0 aliphatic carbocycles. The fourth-order valence-electron chi connectivity index (χ4n) is 0. The third-order valence-electron chi connectivity index (χ3n) is 0.644. The highest BCUT2D eigenvalue weighted by molar-refractivity contribution is 7.87. The highest BCUT2D eigenvalue weighted by Gasteiger charge is 2.18. The Bertz CT molecular complexity index is 163. The lowest BCUT2D eigenvalue weighted by Gasteiger charge is -2.21. The van der Waals surface area contributed by atoms with Gasteiger partial charge in [0.1, 0.15) is 15.0 Å². The van der Waals surface area contributed by atoms with E-state index in [0.717, 1.165) is 13.8 Å². The molecule has 0 fully saturated rings. The van der Waals surface area contributed by atoms with Gasteiger partial charge in [0.05, 0.1) is 0 Å². The second-order valence-electron chi connectivity index (χ2n) is 2.06. The van der Waals surface area contributed by atoms with Gasteiger partial charge in [-0.3, -0.25) is 0 Å².